The number of rotatable bonds is 10. The predicted octanol–water partition coefficient (Wildman–Crippen LogP) is 2.25. The number of aryl methyl sites for hydroxylation is 1. The van der Waals surface area contributed by atoms with Crippen molar-refractivity contribution in [2.75, 3.05) is 6.54 Å². The average molecular weight is 505 g/mol. The molecule has 192 valence electrons. The smallest absolute Gasteiger partial charge is 0.284 e. The van der Waals surface area contributed by atoms with E-state index in [2.05, 4.69) is 20.2 Å². The van der Waals surface area contributed by atoms with Gasteiger partial charge in [0.1, 0.15) is 17.7 Å². The third kappa shape index (κ3) is 5.91. The number of fused-ring (bicyclic) bond motifs is 1. The summed E-state index contributed by atoms with van der Waals surface area (Å²) in [5.74, 6) is 0.913. The molecule has 2 heterocycles. The van der Waals surface area contributed by atoms with Crippen LogP contribution in [0, 0.1) is 20.8 Å². The summed E-state index contributed by atoms with van der Waals surface area (Å²) in [4.78, 5) is 16.6. The van der Waals surface area contributed by atoms with Crippen molar-refractivity contribution in [3.8, 4) is 5.75 Å². The first-order valence-corrected chi connectivity index (χ1v) is 13.2. The Bertz CT molecular complexity index is 1230. The number of benzene rings is 1. The highest BCUT2D eigenvalue weighted by atomic mass is 32.2. The van der Waals surface area contributed by atoms with Gasteiger partial charge in [0, 0.05) is 26.0 Å². The molecule has 3 rings (SSSR count). The summed E-state index contributed by atoms with van der Waals surface area (Å²) in [5.41, 5.74) is 14.4. The summed E-state index contributed by atoms with van der Waals surface area (Å²) in [5, 5.41) is 0. The lowest BCUT2D eigenvalue weighted by molar-refractivity contribution is 0.0831. The van der Waals surface area contributed by atoms with Gasteiger partial charge in [-0.2, -0.15) is 8.42 Å². The van der Waals surface area contributed by atoms with Crippen molar-refractivity contribution >= 4 is 22.1 Å². The Kier molecular flexibility index (Phi) is 8.03. The molecular weight excluding hydrogens is 468 g/mol. The second-order valence-corrected chi connectivity index (χ2v) is 11.2. The third-order valence-electron chi connectivity index (χ3n) is 6.48. The topological polar surface area (TPSA) is 141 Å². The van der Waals surface area contributed by atoms with Gasteiger partial charge in [-0.25, -0.2) is 10.4 Å². The Hall–Kier alpha value is -2.76. The van der Waals surface area contributed by atoms with Crippen molar-refractivity contribution in [3.05, 3.63) is 40.5 Å². The summed E-state index contributed by atoms with van der Waals surface area (Å²) in [6, 6.07) is -0.653. The van der Waals surface area contributed by atoms with Gasteiger partial charge in [0.15, 0.2) is 5.82 Å². The van der Waals surface area contributed by atoms with E-state index in [-0.39, 0.29) is 16.3 Å². The molecule has 2 aromatic rings. The quantitative estimate of drug-likeness (QED) is 0.147. The molecule has 0 fully saturated rings. The van der Waals surface area contributed by atoms with Crippen LogP contribution < -0.4 is 21.3 Å². The number of nitrogens with one attached hydrogen (secondary N) is 2. The molecule has 0 spiro atoms. The maximum atomic E-state index is 13.1. The van der Waals surface area contributed by atoms with Crippen molar-refractivity contribution in [1.82, 2.24) is 20.4 Å². The van der Waals surface area contributed by atoms with E-state index in [4.69, 9.17) is 10.5 Å². The Morgan fingerprint density at radius 2 is 2.03 bits per heavy atom. The van der Waals surface area contributed by atoms with Crippen LogP contribution in [0.5, 0.6) is 5.75 Å². The van der Waals surface area contributed by atoms with E-state index in [9.17, 15) is 13.2 Å². The van der Waals surface area contributed by atoms with Crippen molar-refractivity contribution in [2.45, 2.75) is 76.8 Å². The normalized spacial score (nSPS) is 16.1. The van der Waals surface area contributed by atoms with Gasteiger partial charge < -0.3 is 20.5 Å². The minimum Gasteiger partial charge on any atom is -0.487 e. The van der Waals surface area contributed by atoms with Crippen LogP contribution in [0.4, 0.5) is 0 Å². The van der Waals surface area contributed by atoms with E-state index in [0.717, 1.165) is 36.1 Å². The number of hydrazine groups is 1. The van der Waals surface area contributed by atoms with E-state index in [0.29, 0.717) is 36.3 Å². The van der Waals surface area contributed by atoms with Gasteiger partial charge in [0.2, 0.25) is 5.78 Å². The van der Waals surface area contributed by atoms with Crippen molar-refractivity contribution < 1.29 is 17.9 Å². The Morgan fingerprint density at radius 3 is 2.69 bits per heavy atom. The number of sulfonamides is 1. The third-order valence-corrected chi connectivity index (χ3v) is 7.99. The highest BCUT2D eigenvalue weighted by Crippen LogP contribution is 2.42. The van der Waals surface area contributed by atoms with Crippen LogP contribution in [0.15, 0.2) is 21.7 Å². The Morgan fingerprint density at radius 1 is 1.31 bits per heavy atom. The monoisotopic (exact) mass is 504 g/mol. The van der Waals surface area contributed by atoms with E-state index in [1.165, 1.54) is 0 Å². The molecule has 1 aromatic heterocycles. The number of aromatic nitrogens is 2. The second-order valence-electron chi connectivity index (χ2n) is 9.63. The molecule has 1 aliphatic heterocycles. The lowest BCUT2D eigenvalue weighted by Gasteiger charge is -2.35. The van der Waals surface area contributed by atoms with Crippen LogP contribution >= 0.6 is 0 Å². The molecule has 0 bridgehead atoms. The van der Waals surface area contributed by atoms with Crippen LogP contribution in [0.3, 0.4) is 0 Å². The van der Waals surface area contributed by atoms with Crippen molar-refractivity contribution in [2.24, 2.45) is 17.2 Å². The molecule has 0 amide bonds. The lowest BCUT2D eigenvalue weighted by Crippen LogP contribution is -2.35. The maximum absolute atomic E-state index is 13.1. The Labute approximate surface area is 207 Å². The summed E-state index contributed by atoms with van der Waals surface area (Å²) in [6.07, 6.45) is 7.01. The average Bonchev–Trinajstić information content (AvgIpc) is 3.21. The summed E-state index contributed by atoms with van der Waals surface area (Å²) >= 11 is 0. The molecule has 4 N–H and O–H groups in total. The molecule has 1 atom stereocenters. The first-order valence-electron chi connectivity index (χ1n) is 11.7. The summed E-state index contributed by atoms with van der Waals surface area (Å²) in [6.45, 7) is 10.0. The standard InChI is InChI=1S/C24H36N6O4S/c1-15-16(2)22(17(3)18-9-10-24(4,5)34-21(15)18)35(32,33)29-14-28-27-11-7-8-19(25)20(31)23-26-12-13-30(23)6/h12-14,19,27H,7-11,25H2,1-6H3,(H,28,29)/t19-/m1/s1. The fourth-order valence-corrected chi connectivity index (χ4v) is 5.66. The van der Waals surface area contributed by atoms with Crippen LogP contribution in [0.25, 0.3) is 0 Å². The summed E-state index contributed by atoms with van der Waals surface area (Å²) in [7, 11) is -2.17. The Balaban J connectivity index is 1.57. The van der Waals surface area contributed by atoms with Gasteiger partial charge in [0.05, 0.1) is 10.9 Å². The summed E-state index contributed by atoms with van der Waals surface area (Å²) < 4.78 is 37.8. The highest BCUT2D eigenvalue weighted by Gasteiger charge is 2.33. The van der Waals surface area contributed by atoms with Crippen LogP contribution in [0.2, 0.25) is 0 Å². The number of imidazole rings is 1. The zero-order valence-electron chi connectivity index (χ0n) is 21.3. The van der Waals surface area contributed by atoms with E-state index >= 15 is 0 Å². The minimum atomic E-state index is -3.92. The molecule has 0 saturated carbocycles. The molecule has 0 aliphatic carbocycles. The van der Waals surface area contributed by atoms with Crippen LogP contribution in [-0.4, -0.2) is 48.3 Å². The maximum Gasteiger partial charge on any atom is 0.284 e. The molecule has 0 saturated heterocycles. The number of carbonyl (C=O) groups is 1. The van der Waals surface area contributed by atoms with E-state index < -0.39 is 16.1 Å². The number of hydrogen-bond donors (Lipinski definition) is 3. The molecule has 35 heavy (non-hydrogen) atoms. The molecule has 1 aromatic carbocycles. The fourth-order valence-electron chi connectivity index (χ4n) is 4.31. The SMILES string of the molecule is Cc1c(C)c(S(=O)(=O)/N=C/NNCCC[C@@H](N)C(=O)c2nccn2C)c(C)c2c1OC(C)(C)CC2. The first-order chi connectivity index (χ1) is 16.4. The lowest BCUT2D eigenvalue weighted by atomic mass is 9.88. The zero-order valence-corrected chi connectivity index (χ0v) is 22.1. The number of ketones is 1. The molecule has 11 heteroatoms. The van der Waals surface area contributed by atoms with Crippen LogP contribution in [-0.2, 0) is 23.5 Å². The number of carbonyl (C=O) groups excluding carboxylic acids is 1. The van der Waals surface area contributed by atoms with Gasteiger partial charge in [-0.3, -0.25) is 4.79 Å². The second kappa shape index (κ2) is 10.5. The number of nitrogens with two attached hydrogens (primary N) is 1. The van der Waals surface area contributed by atoms with Crippen molar-refractivity contribution in [3.63, 3.8) is 0 Å². The molecule has 10 nitrogen and oxygen atoms in total. The van der Waals surface area contributed by atoms with Gasteiger partial charge in [-0.15, -0.1) is 4.40 Å². The fraction of sp³-hybridized carbons (Fsp3) is 0.542. The highest BCUT2D eigenvalue weighted by molar-refractivity contribution is 7.90. The minimum absolute atomic E-state index is 0.210. The largest absolute Gasteiger partial charge is 0.487 e. The van der Waals surface area contributed by atoms with Gasteiger partial charge in [-0.1, -0.05) is 0 Å². The first kappa shape index (κ1) is 26.8. The van der Waals surface area contributed by atoms with Gasteiger partial charge in [-0.05, 0) is 82.6 Å². The molecule has 0 unspecified atom stereocenters. The van der Waals surface area contributed by atoms with Crippen LogP contribution in [0.1, 0.15) is 66.0 Å². The molecule has 0 radical (unpaired) electrons. The van der Waals surface area contributed by atoms with Gasteiger partial charge >= 0.3 is 0 Å². The van der Waals surface area contributed by atoms with E-state index in [1.54, 1.807) is 30.9 Å². The predicted molar refractivity (Wildman–Crippen MR) is 135 cm³/mol. The number of hydrogen-bond acceptors (Lipinski definition) is 7. The number of nitrogens with zero attached hydrogens (tertiary/aromatic N) is 3. The number of ether oxygens (including phenoxy) is 1. The number of Topliss-reactive ketones (excluding diaryl/α,β-unsaturated/α-hetero) is 1. The molecular formula is C24H36N6O4S. The zero-order chi connectivity index (χ0) is 26.0. The van der Waals surface area contributed by atoms with Crippen molar-refractivity contribution in [1.29, 1.82) is 0 Å². The van der Waals surface area contributed by atoms with E-state index in [1.807, 2.05) is 27.7 Å². The van der Waals surface area contributed by atoms with Gasteiger partial charge in [0.25, 0.3) is 10.0 Å². The molecule has 1 aliphatic rings.